The molecule has 21 heavy (non-hydrogen) atoms. The van der Waals surface area contributed by atoms with E-state index in [1.165, 1.54) is 11.8 Å². The van der Waals surface area contributed by atoms with Crippen molar-refractivity contribution in [1.82, 2.24) is 4.98 Å². The molecule has 106 valence electrons. The van der Waals surface area contributed by atoms with Gasteiger partial charge in [-0.2, -0.15) is 4.99 Å². The summed E-state index contributed by atoms with van der Waals surface area (Å²) in [7, 11) is 0. The van der Waals surface area contributed by atoms with Crippen LogP contribution < -0.4 is 10.5 Å². The quantitative estimate of drug-likeness (QED) is 0.881. The number of hydrogen-bond donors (Lipinski definition) is 1. The molecule has 1 aromatic carbocycles. The molecule has 0 spiro atoms. The molecule has 2 heterocycles. The van der Waals surface area contributed by atoms with E-state index in [2.05, 4.69) is 9.98 Å². The normalized spacial score (nSPS) is 16.5. The van der Waals surface area contributed by atoms with Gasteiger partial charge in [0.25, 0.3) is 5.91 Å². The molecular weight excluding hydrogens is 286 g/mol. The van der Waals surface area contributed by atoms with Gasteiger partial charge in [-0.25, -0.2) is 0 Å². The van der Waals surface area contributed by atoms with E-state index >= 15 is 0 Å². The van der Waals surface area contributed by atoms with Gasteiger partial charge in [0.05, 0.1) is 17.0 Å². The number of aromatic nitrogens is 1. The van der Waals surface area contributed by atoms with Crippen LogP contribution in [0.4, 0.5) is 0 Å². The summed E-state index contributed by atoms with van der Waals surface area (Å²) in [5, 5.41) is 1.20. The Balaban J connectivity index is 2.03. The van der Waals surface area contributed by atoms with Crippen molar-refractivity contribution >= 4 is 39.8 Å². The predicted octanol–water partition coefficient (Wildman–Crippen LogP) is 2.56. The number of amidine groups is 1. The summed E-state index contributed by atoms with van der Waals surface area (Å²) >= 11 is 1.18. The molecule has 0 unspecified atom stereocenters. The van der Waals surface area contributed by atoms with Crippen LogP contribution in [0.25, 0.3) is 17.0 Å². The minimum Gasteiger partial charge on any atom is -0.493 e. The van der Waals surface area contributed by atoms with Crippen molar-refractivity contribution in [2.24, 2.45) is 10.7 Å². The summed E-state index contributed by atoms with van der Waals surface area (Å²) in [6, 6.07) is 7.58. The fourth-order valence-electron chi connectivity index (χ4n) is 2.09. The Morgan fingerprint density at radius 2 is 2.24 bits per heavy atom. The molecule has 0 radical (unpaired) electrons. The van der Waals surface area contributed by atoms with Gasteiger partial charge in [0.15, 0.2) is 5.17 Å². The maximum absolute atomic E-state index is 11.6. The molecule has 0 saturated heterocycles. The Morgan fingerprint density at radius 3 is 2.95 bits per heavy atom. The molecule has 1 aliphatic heterocycles. The lowest BCUT2D eigenvalue weighted by molar-refractivity contribution is -0.113. The molecule has 0 bridgehead atoms. The highest BCUT2D eigenvalue weighted by Crippen LogP contribution is 2.29. The average Bonchev–Trinajstić information content (AvgIpc) is 2.78. The van der Waals surface area contributed by atoms with Crippen LogP contribution >= 0.6 is 11.8 Å². The van der Waals surface area contributed by atoms with Crippen molar-refractivity contribution in [2.75, 3.05) is 6.61 Å². The van der Waals surface area contributed by atoms with Crippen LogP contribution in [0.3, 0.4) is 0 Å². The van der Waals surface area contributed by atoms with Crippen molar-refractivity contribution in [3.8, 4) is 5.75 Å². The fraction of sp³-hybridized carbons (Fsp3) is 0.133. The Bertz CT molecular complexity index is 784. The molecule has 5 nitrogen and oxygen atoms in total. The third kappa shape index (κ3) is 2.75. The van der Waals surface area contributed by atoms with E-state index < -0.39 is 0 Å². The molecule has 0 atom stereocenters. The molecule has 2 aromatic rings. The van der Waals surface area contributed by atoms with Gasteiger partial charge in [-0.05, 0) is 48.5 Å². The predicted molar refractivity (Wildman–Crippen MR) is 85.1 cm³/mol. The lowest BCUT2D eigenvalue weighted by Crippen LogP contribution is -2.01. The maximum Gasteiger partial charge on any atom is 0.286 e. The van der Waals surface area contributed by atoms with E-state index in [4.69, 9.17) is 10.5 Å². The van der Waals surface area contributed by atoms with Gasteiger partial charge in [-0.15, -0.1) is 0 Å². The maximum atomic E-state index is 11.6. The second-order valence-corrected chi connectivity index (χ2v) is 5.45. The first kappa shape index (κ1) is 13.6. The number of ether oxygens (including phenoxy) is 1. The summed E-state index contributed by atoms with van der Waals surface area (Å²) < 4.78 is 5.61. The van der Waals surface area contributed by atoms with Gasteiger partial charge in [-0.1, -0.05) is 6.07 Å². The largest absolute Gasteiger partial charge is 0.493 e. The van der Waals surface area contributed by atoms with Crippen LogP contribution in [0, 0.1) is 0 Å². The molecule has 6 heteroatoms. The average molecular weight is 299 g/mol. The monoisotopic (exact) mass is 299 g/mol. The number of aliphatic imine (C=N–C) groups is 1. The van der Waals surface area contributed by atoms with E-state index in [1.54, 1.807) is 12.3 Å². The summed E-state index contributed by atoms with van der Waals surface area (Å²) in [6.07, 6.45) is 3.49. The second-order valence-electron chi connectivity index (χ2n) is 4.38. The first-order valence-corrected chi connectivity index (χ1v) is 7.28. The topological polar surface area (TPSA) is 77.6 Å². The first-order chi connectivity index (χ1) is 10.2. The minimum absolute atomic E-state index is 0.281. The van der Waals surface area contributed by atoms with Crippen molar-refractivity contribution in [1.29, 1.82) is 0 Å². The summed E-state index contributed by atoms with van der Waals surface area (Å²) in [5.41, 5.74) is 7.28. The molecular formula is C15H13N3O2S. The molecule has 1 aromatic heterocycles. The van der Waals surface area contributed by atoms with Crippen molar-refractivity contribution in [2.45, 2.75) is 6.92 Å². The Hall–Kier alpha value is -2.34. The molecule has 0 aliphatic carbocycles. The zero-order valence-electron chi connectivity index (χ0n) is 11.4. The third-order valence-electron chi connectivity index (χ3n) is 2.96. The van der Waals surface area contributed by atoms with Crippen LogP contribution in [0.1, 0.15) is 12.5 Å². The number of benzene rings is 1. The SMILES string of the molecule is CCOc1ccnc2ccc(/C=C3\SC(N)=NC3=O)cc12. The summed E-state index contributed by atoms with van der Waals surface area (Å²) in [5.74, 6) is 0.484. The van der Waals surface area contributed by atoms with Gasteiger partial charge in [0.1, 0.15) is 5.75 Å². The Labute approximate surface area is 125 Å². The highest BCUT2D eigenvalue weighted by atomic mass is 32.2. The lowest BCUT2D eigenvalue weighted by Gasteiger charge is -2.07. The standard InChI is InChI=1S/C15H13N3O2S/c1-2-20-12-5-6-17-11-4-3-9(7-10(11)12)8-13-14(19)18-15(16)21-13/h3-8H,2H2,1H3,(H2,16,18,19)/b13-8-. The van der Waals surface area contributed by atoms with E-state index in [-0.39, 0.29) is 11.1 Å². The first-order valence-electron chi connectivity index (χ1n) is 6.47. The molecule has 0 saturated carbocycles. The van der Waals surface area contributed by atoms with E-state index in [1.807, 2.05) is 31.2 Å². The van der Waals surface area contributed by atoms with Crippen LogP contribution in [-0.4, -0.2) is 22.7 Å². The molecule has 1 aliphatic rings. The van der Waals surface area contributed by atoms with Crippen LogP contribution in [0.2, 0.25) is 0 Å². The van der Waals surface area contributed by atoms with Gasteiger partial charge >= 0.3 is 0 Å². The van der Waals surface area contributed by atoms with Gasteiger partial charge in [0.2, 0.25) is 0 Å². The van der Waals surface area contributed by atoms with Crippen molar-refractivity contribution in [3.05, 3.63) is 40.9 Å². The lowest BCUT2D eigenvalue weighted by atomic mass is 10.1. The number of fused-ring (bicyclic) bond motifs is 1. The van der Waals surface area contributed by atoms with Gasteiger partial charge in [0, 0.05) is 11.6 Å². The summed E-state index contributed by atoms with van der Waals surface area (Å²) in [6.45, 7) is 2.52. The summed E-state index contributed by atoms with van der Waals surface area (Å²) in [4.78, 5) is 20.1. The van der Waals surface area contributed by atoms with E-state index in [9.17, 15) is 4.79 Å². The van der Waals surface area contributed by atoms with Crippen LogP contribution in [0.15, 0.2) is 40.4 Å². The third-order valence-corrected chi connectivity index (χ3v) is 3.77. The number of pyridine rings is 1. The highest BCUT2D eigenvalue weighted by Gasteiger charge is 2.19. The van der Waals surface area contributed by atoms with Crippen molar-refractivity contribution in [3.63, 3.8) is 0 Å². The highest BCUT2D eigenvalue weighted by molar-refractivity contribution is 8.18. The van der Waals surface area contributed by atoms with Crippen LogP contribution in [0.5, 0.6) is 5.75 Å². The molecule has 3 rings (SSSR count). The number of carbonyl (C=O) groups is 1. The molecule has 1 amide bonds. The number of amides is 1. The minimum atomic E-state index is -0.297. The number of thioether (sulfide) groups is 1. The van der Waals surface area contributed by atoms with Gasteiger partial charge in [-0.3, -0.25) is 9.78 Å². The molecule has 0 fully saturated rings. The molecule has 2 N–H and O–H groups in total. The second kappa shape index (κ2) is 5.57. The number of nitrogens with zero attached hydrogens (tertiary/aromatic N) is 2. The van der Waals surface area contributed by atoms with Crippen molar-refractivity contribution < 1.29 is 9.53 Å². The van der Waals surface area contributed by atoms with E-state index in [0.29, 0.717) is 11.5 Å². The van der Waals surface area contributed by atoms with E-state index in [0.717, 1.165) is 22.2 Å². The van der Waals surface area contributed by atoms with Gasteiger partial charge < -0.3 is 10.5 Å². The Morgan fingerprint density at radius 1 is 1.38 bits per heavy atom. The number of nitrogens with two attached hydrogens (primary N) is 1. The number of carbonyl (C=O) groups excluding carboxylic acids is 1. The number of rotatable bonds is 3. The Kier molecular flexibility index (Phi) is 3.62. The fourth-order valence-corrected chi connectivity index (χ4v) is 2.77. The van der Waals surface area contributed by atoms with Crippen LogP contribution in [-0.2, 0) is 4.79 Å². The number of hydrogen-bond acceptors (Lipinski definition) is 5. The zero-order chi connectivity index (χ0) is 14.8. The zero-order valence-corrected chi connectivity index (χ0v) is 12.2. The smallest absolute Gasteiger partial charge is 0.286 e.